The predicted molar refractivity (Wildman–Crippen MR) is 87.4 cm³/mol. The molecular formula is C18H18ClNO2. The number of carbonyl (C=O) groups excluding carboxylic acids is 1. The minimum Gasteiger partial charge on any atom is -0.497 e. The summed E-state index contributed by atoms with van der Waals surface area (Å²) in [6.45, 7) is 0. The molecule has 22 heavy (non-hydrogen) atoms. The third-order valence-electron chi connectivity index (χ3n) is 3.96. The summed E-state index contributed by atoms with van der Waals surface area (Å²) in [4.78, 5) is 12.4. The maximum Gasteiger partial charge on any atom is 0.251 e. The number of halogens is 1. The highest BCUT2D eigenvalue weighted by Gasteiger charge is 2.33. The minimum atomic E-state index is -0.0654. The van der Waals surface area contributed by atoms with Crippen LogP contribution >= 0.6 is 11.6 Å². The molecule has 114 valence electrons. The summed E-state index contributed by atoms with van der Waals surface area (Å²) in [6, 6.07) is 14.9. The van der Waals surface area contributed by atoms with Crippen molar-refractivity contribution in [3.8, 4) is 5.75 Å². The number of nitrogens with one attached hydrogen (secondary N) is 1. The Labute approximate surface area is 135 Å². The Kier molecular flexibility index (Phi) is 4.34. The fourth-order valence-corrected chi connectivity index (χ4v) is 2.67. The summed E-state index contributed by atoms with van der Waals surface area (Å²) in [5.41, 5.74) is 1.74. The average molecular weight is 316 g/mol. The molecule has 0 spiro atoms. The van der Waals surface area contributed by atoms with Crippen LogP contribution in [0.4, 0.5) is 0 Å². The molecule has 2 aromatic carbocycles. The largest absolute Gasteiger partial charge is 0.497 e. The Hall–Kier alpha value is -2.00. The number of methoxy groups -OCH3 is 1. The van der Waals surface area contributed by atoms with Gasteiger partial charge in [0.2, 0.25) is 0 Å². The van der Waals surface area contributed by atoms with Gasteiger partial charge in [-0.05, 0) is 60.7 Å². The Morgan fingerprint density at radius 2 is 1.77 bits per heavy atom. The van der Waals surface area contributed by atoms with E-state index in [4.69, 9.17) is 16.3 Å². The van der Waals surface area contributed by atoms with E-state index in [2.05, 4.69) is 5.32 Å². The zero-order chi connectivity index (χ0) is 15.5. The molecule has 3 nitrogen and oxygen atoms in total. The van der Waals surface area contributed by atoms with E-state index < -0.39 is 0 Å². The summed E-state index contributed by atoms with van der Waals surface area (Å²) >= 11 is 5.86. The lowest BCUT2D eigenvalue weighted by Gasteiger charge is -2.19. The van der Waals surface area contributed by atoms with Gasteiger partial charge < -0.3 is 10.1 Å². The maximum atomic E-state index is 12.4. The van der Waals surface area contributed by atoms with Gasteiger partial charge in [-0.1, -0.05) is 23.7 Å². The molecule has 4 heteroatoms. The van der Waals surface area contributed by atoms with Crippen molar-refractivity contribution in [2.24, 2.45) is 5.92 Å². The predicted octanol–water partition coefficient (Wildman–Crippen LogP) is 4.23. The van der Waals surface area contributed by atoms with Gasteiger partial charge in [-0.15, -0.1) is 0 Å². The van der Waals surface area contributed by atoms with Crippen LogP contribution in [0.25, 0.3) is 0 Å². The molecule has 1 N–H and O–H groups in total. The highest BCUT2D eigenvalue weighted by atomic mass is 35.5. The Balaban J connectivity index is 1.76. The van der Waals surface area contributed by atoms with Crippen molar-refractivity contribution in [1.82, 2.24) is 5.32 Å². The van der Waals surface area contributed by atoms with Gasteiger partial charge in [0.25, 0.3) is 5.91 Å². The third kappa shape index (κ3) is 3.42. The first kappa shape index (κ1) is 14.9. The van der Waals surface area contributed by atoms with Gasteiger partial charge in [0.1, 0.15) is 5.75 Å². The molecule has 0 radical (unpaired) electrons. The fraction of sp³-hybridized carbons (Fsp3) is 0.278. The topological polar surface area (TPSA) is 38.3 Å². The van der Waals surface area contributed by atoms with Crippen LogP contribution in [0.1, 0.15) is 34.8 Å². The first-order chi connectivity index (χ1) is 10.7. The van der Waals surface area contributed by atoms with E-state index in [1.807, 2.05) is 24.3 Å². The van der Waals surface area contributed by atoms with Crippen molar-refractivity contribution in [1.29, 1.82) is 0 Å². The number of benzene rings is 2. The zero-order valence-electron chi connectivity index (χ0n) is 12.4. The smallest absolute Gasteiger partial charge is 0.251 e. The molecule has 0 aliphatic heterocycles. The molecule has 1 amide bonds. The van der Waals surface area contributed by atoms with Crippen LogP contribution in [0.15, 0.2) is 48.5 Å². The molecule has 0 heterocycles. The number of hydrogen-bond acceptors (Lipinski definition) is 2. The summed E-state index contributed by atoms with van der Waals surface area (Å²) in [6.07, 6.45) is 2.30. The number of amides is 1. The summed E-state index contributed by atoms with van der Waals surface area (Å²) in [5.74, 6) is 1.27. The van der Waals surface area contributed by atoms with Crippen molar-refractivity contribution >= 4 is 17.5 Å². The van der Waals surface area contributed by atoms with Crippen molar-refractivity contribution in [2.75, 3.05) is 7.11 Å². The summed E-state index contributed by atoms with van der Waals surface area (Å²) < 4.78 is 5.19. The molecular weight excluding hydrogens is 298 g/mol. The Morgan fingerprint density at radius 1 is 1.14 bits per heavy atom. The van der Waals surface area contributed by atoms with Crippen LogP contribution in [0.3, 0.4) is 0 Å². The summed E-state index contributed by atoms with van der Waals surface area (Å²) in [5, 5.41) is 3.78. The van der Waals surface area contributed by atoms with Crippen LogP contribution < -0.4 is 10.1 Å². The van der Waals surface area contributed by atoms with Crippen molar-refractivity contribution in [2.45, 2.75) is 18.9 Å². The lowest BCUT2D eigenvalue weighted by atomic mass is 10.0. The second-order valence-electron chi connectivity index (χ2n) is 5.57. The number of carbonyl (C=O) groups is 1. The van der Waals surface area contributed by atoms with E-state index in [0.717, 1.165) is 24.2 Å². The standard InChI is InChI=1S/C18H18ClNO2/c1-22-16-10-6-13(7-11-16)17(12-2-3-12)20-18(21)14-4-8-15(19)9-5-14/h4-12,17H,2-3H2,1H3,(H,20,21). The quantitative estimate of drug-likeness (QED) is 0.896. The second-order valence-corrected chi connectivity index (χ2v) is 6.01. The van der Waals surface area contributed by atoms with Crippen molar-refractivity contribution < 1.29 is 9.53 Å². The van der Waals surface area contributed by atoms with Crippen molar-refractivity contribution in [3.05, 3.63) is 64.7 Å². The Morgan fingerprint density at radius 3 is 2.32 bits per heavy atom. The third-order valence-corrected chi connectivity index (χ3v) is 4.21. The van der Waals surface area contributed by atoms with E-state index >= 15 is 0 Å². The summed E-state index contributed by atoms with van der Waals surface area (Å²) in [7, 11) is 1.65. The lowest BCUT2D eigenvalue weighted by Crippen LogP contribution is -2.29. The molecule has 1 aliphatic rings. The SMILES string of the molecule is COc1ccc(C(NC(=O)c2ccc(Cl)cc2)C2CC2)cc1. The van der Waals surface area contributed by atoms with Crippen LogP contribution in [0.2, 0.25) is 5.02 Å². The first-order valence-electron chi connectivity index (χ1n) is 7.38. The highest BCUT2D eigenvalue weighted by molar-refractivity contribution is 6.30. The maximum absolute atomic E-state index is 12.4. The van der Waals surface area contributed by atoms with Gasteiger partial charge in [-0.3, -0.25) is 4.79 Å². The monoisotopic (exact) mass is 315 g/mol. The van der Waals surface area contributed by atoms with Gasteiger partial charge in [0, 0.05) is 10.6 Å². The number of ether oxygens (including phenoxy) is 1. The lowest BCUT2D eigenvalue weighted by molar-refractivity contribution is 0.0931. The minimum absolute atomic E-state index is 0.0501. The van der Waals surface area contributed by atoms with Crippen LogP contribution in [0, 0.1) is 5.92 Å². The van der Waals surface area contributed by atoms with Gasteiger partial charge in [-0.2, -0.15) is 0 Å². The van der Waals surface area contributed by atoms with E-state index in [9.17, 15) is 4.79 Å². The van der Waals surface area contributed by atoms with E-state index in [0.29, 0.717) is 16.5 Å². The molecule has 1 saturated carbocycles. The van der Waals surface area contributed by atoms with Gasteiger partial charge in [-0.25, -0.2) is 0 Å². The van der Waals surface area contributed by atoms with E-state index in [1.165, 1.54) is 0 Å². The molecule has 3 rings (SSSR count). The number of hydrogen-bond donors (Lipinski definition) is 1. The molecule has 1 fully saturated rings. The second kappa shape index (κ2) is 6.41. The van der Waals surface area contributed by atoms with Crippen molar-refractivity contribution in [3.63, 3.8) is 0 Å². The average Bonchev–Trinajstić information content (AvgIpc) is 3.38. The van der Waals surface area contributed by atoms with Gasteiger partial charge in [0.15, 0.2) is 0 Å². The van der Waals surface area contributed by atoms with Crippen LogP contribution in [-0.2, 0) is 0 Å². The molecule has 0 bridgehead atoms. The molecule has 1 atom stereocenters. The fourth-order valence-electron chi connectivity index (χ4n) is 2.54. The molecule has 2 aromatic rings. The Bertz CT molecular complexity index is 648. The van der Waals surface area contributed by atoms with Crippen LogP contribution in [0.5, 0.6) is 5.75 Å². The van der Waals surface area contributed by atoms with E-state index in [-0.39, 0.29) is 11.9 Å². The van der Waals surface area contributed by atoms with E-state index in [1.54, 1.807) is 31.4 Å². The zero-order valence-corrected chi connectivity index (χ0v) is 13.1. The van der Waals surface area contributed by atoms with Gasteiger partial charge >= 0.3 is 0 Å². The molecule has 0 aromatic heterocycles. The normalized spacial score (nSPS) is 15.2. The first-order valence-corrected chi connectivity index (χ1v) is 7.75. The molecule has 1 aliphatic carbocycles. The number of rotatable bonds is 5. The van der Waals surface area contributed by atoms with Crippen LogP contribution in [-0.4, -0.2) is 13.0 Å². The highest BCUT2D eigenvalue weighted by Crippen LogP contribution is 2.41. The molecule has 0 saturated heterocycles. The molecule has 1 unspecified atom stereocenters. The van der Waals surface area contributed by atoms with Gasteiger partial charge in [0.05, 0.1) is 13.2 Å².